The number of nitrogens with zero attached hydrogens (tertiary/aromatic N) is 2. The first-order valence-corrected chi connectivity index (χ1v) is 17.5. The summed E-state index contributed by atoms with van der Waals surface area (Å²) < 4.78 is 16.5. The molecule has 0 unspecified atom stereocenters. The van der Waals surface area contributed by atoms with Gasteiger partial charge in [0.05, 0.1) is 26.4 Å². The first-order chi connectivity index (χ1) is 23.8. The van der Waals surface area contributed by atoms with Gasteiger partial charge in [-0.25, -0.2) is 28.7 Å². The van der Waals surface area contributed by atoms with Crippen molar-refractivity contribution in [2.45, 2.75) is 71.3 Å². The van der Waals surface area contributed by atoms with Gasteiger partial charge in [-0.2, -0.15) is 0 Å². The van der Waals surface area contributed by atoms with Crippen LogP contribution in [0.1, 0.15) is 44.7 Å². The number of aliphatic hydroxyl groups is 1. The van der Waals surface area contributed by atoms with Crippen molar-refractivity contribution in [2.75, 3.05) is 44.5 Å². The van der Waals surface area contributed by atoms with E-state index in [0.29, 0.717) is 19.6 Å². The molecule has 2 saturated heterocycles. The van der Waals surface area contributed by atoms with E-state index < -0.39 is 5.54 Å². The Morgan fingerprint density at radius 1 is 0.920 bits per heavy atom. The van der Waals surface area contributed by atoms with E-state index in [1.807, 2.05) is 60.7 Å². The van der Waals surface area contributed by atoms with Crippen LogP contribution in [-0.4, -0.2) is 67.3 Å². The average Bonchev–Trinajstić information content (AvgIpc) is 3.65. The molecule has 1 amide bonds. The number of rotatable bonds is 14. The van der Waals surface area contributed by atoms with Crippen LogP contribution in [-0.2, 0) is 17.9 Å². The zero-order chi connectivity index (χ0) is 34.9. The SMILES string of the molecule is CC[B-](CC)CC.COc1ccc(CNc2nccc3c(NCC45CN(C(=O)OCc6ccccc6)C(CO)(C4)C5)cccc23)c(OC)c1.[Li+]. The minimum Gasteiger partial charge on any atom is -0.497 e. The number of pyridine rings is 1. The predicted octanol–water partition coefficient (Wildman–Crippen LogP) is 4.98. The van der Waals surface area contributed by atoms with Crippen molar-refractivity contribution in [3.63, 3.8) is 0 Å². The van der Waals surface area contributed by atoms with Crippen molar-refractivity contribution in [2.24, 2.45) is 5.41 Å². The Morgan fingerprint density at radius 2 is 1.66 bits per heavy atom. The summed E-state index contributed by atoms with van der Waals surface area (Å²) >= 11 is 0. The summed E-state index contributed by atoms with van der Waals surface area (Å²) in [5.74, 6) is 2.27. The fraction of sp³-hybridized carbons (Fsp3) is 0.436. The monoisotopic (exact) mass is 673 g/mol. The summed E-state index contributed by atoms with van der Waals surface area (Å²) in [4.78, 5) is 19.4. The topological polar surface area (TPSA) is 105 Å². The van der Waals surface area contributed by atoms with Crippen molar-refractivity contribution in [3.05, 3.63) is 90.1 Å². The first kappa shape index (κ1) is 39.0. The minimum absolute atomic E-state index is 0. The fourth-order valence-corrected chi connectivity index (χ4v) is 7.41. The van der Waals surface area contributed by atoms with Crippen LogP contribution in [0.2, 0.25) is 19.0 Å². The molecule has 0 spiro atoms. The smallest absolute Gasteiger partial charge is 0.497 e. The summed E-state index contributed by atoms with van der Waals surface area (Å²) in [5, 5.41) is 19.4. The summed E-state index contributed by atoms with van der Waals surface area (Å²) in [6.45, 7) is 9.70. The quantitative estimate of drug-likeness (QED) is 0.161. The van der Waals surface area contributed by atoms with E-state index in [9.17, 15) is 9.90 Å². The van der Waals surface area contributed by atoms with Gasteiger partial charge in [0, 0.05) is 59.3 Å². The predicted molar refractivity (Wildman–Crippen MR) is 199 cm³/mol. The van der Waals surface area contributed by atoms with Crippen LogP contribution >= 0.6 is 0 Å². The van der Waals surface area contributed by atoms with E-state index in [4.69, 9.17) is 14.2 Å². The van der Waals surface area contributed by atoms with Crippen LogP contribution in [0.5, 0.6) is 11.5 Å². The number of carbonyl (C=O) groups is 1. The molecular formula is C39H51BLiN4O5. The summed E-state index contributed by atoms with van der Waals surface area (Å²) in [7, 11) is 3.28. The third-order valence-corrected chi connectivity index (χ3v) is 10.3. The molecule has 1 aliphatic carbocycles. The second-order valence-corrected chi connectivity index (χ2v) is 13.4. The normalized spacial score (nSPS) is 18.7. The molecular weight excluding hydrogens is 622 g/mol. The van der Waals surface area contributed by atoms with Gasteiger partial charge in [0.1, 0.15) is 23.9 Å². The van der Waals surface area contributed by atoms with E-state index in [0.717, 1.165) is 64.5 Å². The number of ether oxygens (including phenoxy) is 3. The molecule has 9 nitrogen and oxygen atoms in total. The molecule has 3 aliphatic rings. The van der Waals surface area contributed by atoms with E-state index in [1.165, 1.54) is 19.0 Å². The summed E-state index contributed by atoms with van der Waals surface area (Å²) in [6, 6.07) is 23.6. The van der Waals surface area contributed by atoms with Crippen molar-refractivity contribution >= 4 is 35.1 Å². The molecule has 1 aromatic heterocycles. The van der Waals surface area contributed by atoms with Gasteiger partial charge in [-0.3, -0.25) is 4.90 Å². The molecule has 3 fully saturated rings. The molecule has 4 aromatic rings. The summed E-state index contributed by atoms with van der Waals surface area (Å²) in [5.41, 5.74) is 2.28. The van der Waals surface area contributed by atoms with Crippen LogP contribution < -0.4 is 39.0 Å². The first-order valence-electron chi connectivity index (χ1n) is 17.5. The van der Waals surface area contributed by atoms with Crippen molar-refractivity contribution in [1.82, 2.24) is 9.88 Å². The van der Waals surface area contributed by atoms with Gasteiger partial charge >= 0.3 is 25.0 Å². The molecule has 261 valence electrons. The standard InChI is InChI=1S/C33H36N4O5.C6H15B.Li/c1-40-25-12-11-24(29(15-25)41-2)16-35-30-27-9-6-10-28(26(27)13-14-34-30)36-20-32-18-33(19-32,22-38)37(21-32)31(39)42-17-23-7-4-3-5-8-23;1-4-7(5-2)6-3;/h3-15,36,38H,16-22H2,1-2H3,(H,34,35);4-6H2,1-3H3;/q;-1;+1. The van der Waals surface area contributed by atoms with Crippen molar-refractivity contribution in [3.8, 4) is 11.5 Å². The Balaban J connectivity index is 0.000000638. The number of aliphatic hydroxyl groups excluding tert-OH is 1. The van der Waals surface area contributed by atoms with Gasteiger partial charge < -0.3 is 30.0 Å². The van der Waals surface area contributed by atoms with Crippen molar-refractivity contribution < 1.29 is 43.0 Å². The van der Waals surface area contributed by atoms with Crippen molar-refractivity contribution in [1.29, 1.82) is 0 Å². The Hall–Kier alpha value is -3.84. The maximum atomic E-state index is 13.0. The van der Waals surface area contributed by atoms with Crippen LogP contribution in [0, 0.1) is 5.41 Å². The second-order valence-electron chi connectivity index (χ2n) is 13.4. The average molecular weight is 674 g/mol. The minimum atomic E-state index is -0.544. The molecule has 2 aliphatic heterocycles. The molecule has 3 heterocycles. The molecule has 7 rings (SSSR count). The second kappa shape index (κ2) is 17.9. The number of aromatic nitrogens is 1. The number of anilines is 2. The Morgan fingerprint density at radius 3 is 2.30 bits per heavy atom. The Labute approximate surface area is 309 Å². The van der Waals surface area contributed by atoms with E-state index in [2.05, 4.69) is 48.5 Å². The molecule has 11 heteroatoms. The number of hydrogen-bond donors (Lipinski definition) is 3. The Kier molecular flexibility index (Phi) is 13.9. The molecule has 3 aromatic carbocycles. The van der Waals surface area contributed by atoms with Gasteiger partial charge in [0.25, 0.3) is 0 Å². The molecule has 1 saturated carbocycles. The largest absolute Gasteiger partial charge is 1.00 e. The number of carbonyl (C=O) groups excluding carboxylic acids is 1. The van der Waals surface area contributed by atoms with Crippen LogP contribution in [0.15, 0.2) is 79.0 Å². The molecule has 1 radical (unpaired) electrons. The van der Waals surface area contributed by atoms with Gasteiger partial charge in [0.2, 0.25) is 0 Å². The Bertz CT molecular complexity index is 1680. The number of nitrogens with one attached hydrogen (secondary N) is 2. The zero-order valence-corrected chi connectivity index (χ0v) is 30.6. The third-order valence-electron chi connectivity index (χ3n) is 10.3. The van der Waals surface area contributed by atoms with Crippen LogP contribution in [0.4, 0.5) is 16.3 Å². The van der Waals surface area contributed by atoms with Gasteiger partial charge in [0.15, 0.2) is 0 Å². The number of benzene rings is 3. The molecule has 0 atom stereocenters. The number of amides is 1. The van der Waals surface area contributed by atoms with E-state index in [-0.39, 0.29) is 43.6 Å². The number of fused-ring (bicyclic) bond motifs is 2. The van der Waals surface area contributed by atoms with E-state index in [1.54, 1.807) is 25.3 Å². The van der Waals surface area contributed by atoms with Gasteiger partial charge in [-0.15, -0.1) is 6.71 Å². The molecule has 50 heavy (non-hydrogen) atoms. The van der Waals surface area contributed by atoms with Crippen LogP contribution in [0.25, 0.3) is 10.8 Å². The summed E-state index contributed by atoms with van der Waals surface area (Å²) in [6.07, 6.45) is 6.99. The van der Waals surface area contributed by atoms with Gasteiger partial charge in [-0.05, 0) is 42.7 Å². The maximum absolute atomic E-state index is 13.0. The number of methoxy groups -OCH3 is 2. The fourth-order valence-electron chi connectivity index (χ4n) is 7.41. The van der Waals surface area contributed by atoms with E-state index >= 15 is 0 Å². The number of hydrogen-bond acceptors (Lipinski definition) is 8. The maximum Gasteiger partial charge on any atom is 1.00 e. The zero-order valence-electron chi connectivity index (χ0n) is 30.6. The molecule has 3 N–H and O–H groups in total. The third kappa shape index (κ3) is 8.71. The van der Waals surface area contributed by atoms with Gasteiger partial charge in [-0.1, -0.05) is 63.2 Å². The van der Waals surface area contributed by atoms with Crippen LogP contribution in [0.3, 0.4) is 0 Å². The molecule has 2 bridgehead atoms.